The summed E-state index contributed by atoms with van der Waals surface area (Å²) in [6.45, 7) is 6.37. The Bertz CT molecular complexity index is 889. The van der Waals surface area contributed by atoms with Gasteiger partial charge in [0.05, 0.1) is 0 Å². The van der Waals surface area contributed by atoms with Crippen LogP contribution in [-0.4, -0.2) is 51.4 Å². The molecule has 0 unspecified atom stereocenters. The van der Waals surface area contributed by atoms with Crippen LogP contribution in [0.4, 0.5) is 9.59 Å². The Balaban J connectivity index is 1.71. The van der Waals surface area contributed by atoms with Crippen LogP contribution in [0.5, 0.6) is 0 Å². The molecule has 1 fully saturated rings. The molecule has 1 aromatic heterocycles. The fraction of sp³-hybridized carbons (Fsp3) is 0.450. The lowest BCUT2D eigenvalue weighted by Crippen LogP contribution is -2.48. The van der Waals surface area contributed by atoms with Crippen molar-refractivity contribution in [2.45, 2.75) is 45.3 Å². The van der Waals surface area contributed by atoms with Crippen LogP contribution < -0.4 is 5.32 Å². The summed E-state index contributed by atoms with van der Waals surface area (Å²) in [5, 5.41) is 12.5. The largest absolute Gasteiger partial charge is 0.465 e. The van der Waals surface area contributed by atoms with Gasteiger partial charge >= 0.3 is 12.2 Å². The van der Waals surface area contributed by atoms with Crippen LogP contribution in [0, 0.1) is 0 Å². The standard InChI is InChI=1S/C20H26N4O4/c1-20(2,3)28-19(27)22-17(21-18(25)26)23-11-9-15(10-12-23)24-13-8-14-6-4-5-7-16(14)24/h4-8,13,15H,9-12H2,1-3H3,(H,25,26)(H,21,22,27). The van der Waals surface area contributed by atoms with Gasteiger partial charge in [0.2, 0.25) is 5.96 Å². The van der Waals surface area contributed by atoms with E-state index < -0.39 is 17.8 Å². The Kier molecular flexibility index (Phi) is 5.58. The first-order valence-electron chi connectivity index (χ1n) is 9.35. The number of ether oxygens (including phenoxy) is 1. The number of nitrogens with zero attached hydrogens (tertiary/aromatic N) is 3. The number of aliphatic imine (C=N–C) groups is 1. The minimum Gasteiger partial charge on any atom is -0.465 e. The number of amides is 2. The highest BCUT2D eigenvalue weighted by molar-refractivity contribution is 5.98. The van der Waals surface area contributed by atoms with Crippen LogP contribution in [0.2, 0.25) is 0 Å². The molecule has 0 aliphatic carbocycles. The van der Waals surface area contributed by atoms with Gasteiger partial charge in [-0.25, -0.2) is 9.59 Å². The highest BCUT2D eigenvalue weighted by Crippen LogP contribution is 2.27. The van der Waals surface area contributed by atoms with E-state index in [1.54, 1.807) is 25.7 Å². The highest BCUT2D eigenvalue weighted by Gasteiger charge is 2.26. The normalized spacial score (nSPS) is 16.2. The van der Waals surface area contributed by atoms with Crippen molar-refractivity contribution in [3.8, 4) is 0 Å². The third-order valence-electron chi connectivity index (χ3n) is 4.60. The Morgan fingerprint density at radius 3 is 2.50 bits per heavy atom. The number of para-hydroxylation sites is 1. The van der Waals surface area contributed by atoms with Gasteiger partial charge < -0.3 is 19.3 Å². The summed E-state index contributed by atoms with van der Waals surface area (Å²) in [5.74, 6) is 0.0116. The van der Waals surface area contributed by atoms with E-state index in [0.29, 0.717) is 19.1 Å². The van der Waals surface area contributed by atoms with Crippen molar-refractivity contribution in [3.63, 3.8) is 0 Å². The van der Waals surface area contributed by atoms with E-state index in [4.69, 9.17) is 9.84 Å². The zero-order valence-corrected chi connectivity index (χ0v) is 16.4. The first-order valence-corrected chi connectivity index (χ1v) is 9.35. The minimum absolute atomic E-state index is 0.0116. The average molecular weight is 386 g/mol. The predicted octanol–water partition coefficient (Wildman–Crippen LogP) is 3.84. The second kappa shape index (κ2) is 7.92. The molecule has 1 saturated heterocycles. The molecule has 3 rings (SSSR count). The van der Waals surface area contributed by atoms with Gasteiger partial charge in [0.1, 0.15) is 5.60 Å². The number of likely N-dealkylation sites (tertiary alicyclic amines) is 1. The fourth-order valence-corrected chi connectivity index (χ4v) is 3.42. The molecular weight excluding hydrogens is 360 g/mol. The molecule has 0 saturated carbocycles. The number of hydrogen-bond donors (Lipinski definition) is 2. The Morgan fingerprint density at radius 2 is 1.86 bits per heavy atom. The van der Waals surface area contributed by atoms with Crippen molar-refractivity contribution in [1.82, 2.24) is 14.8 Å². The summed E-state index contributed by atoms with van der Waals surface area (Å²) >= 11 is 0. The number of fused-ring (bicyclic) bond motifs is 1. The molecule has 2 amide bonds. The molecule has 150 valence electrons. The van der Waals surface area contributed by atoms with Crippen molar-refractivity contribution >= 4 is 29.0 Å². The van der Waals surface area contributed by atoms with Gasteiger partial charge in [-0.15, -0.1) is 4.99 Å². The lowest BCUT2D eigenvalue weighted by Gasteiger charge is -2.34. The summed E-state index contributed by atoms with van der Waals surface area (Å²) < 4.78 is 7.44. The number of nitrogens with one attached hydrogen (secondary N) is 1. The fourth-order valence-electron chi connectivity index (χ4n) is 3.42. The topological polar surface area (TPSA) is 96.2 Å². The molecule has 8 nitrogen and oxygen atoms in total. The zero-order valence-electron chi connectivity index (χ0n) is 16.4. The lowest BCUT2D eigenvalue weighted by molar-refractivity contribution is 0.0600. The van der Waals surface area contributed by atoms with Crippen LogP contribution in [0.25, 0.3) is 10.9 Å². The van der Waals surface area contributed by atoms with E-state index in [2.05, 4.69) is 39.3 Å². The van der Waals surface area contributed by atoms with Gasteiger partial charge in [0.25, 0.3) is 0 Å². The van der Waals surface area contributed by atoms with Crippen LogP contribution >= 0.6 is 0 Å². The van der Waals surface area contributed by atoms with Crippen LogP contribution in [-0.2, 0) is 4.74 Å². The van der Waals surface area contributed by atoms with Gasteiger partial charge in [-0.2, -0.15) is 0 Å². The van der Waals surface area contributed by atoms with E-state index in [9.17, 15) is 9.59 Å². The van der Waals surface area contributed by atoms with Gasteiger partial charge in [-0.3, -0.25) is 5.32 Å². The average Bonchev–Trinajstić information content (AvgIpc) is 3.03. The van der Waals surface area contributed by atoms with E-state index in [0.717, 1.165) is 12.8 Å². The molecule has 1 aliphatic rings. The first kappa shape index (κ1) is 19.7. The molecule has 0 atom stereocenters. The molecular formula is C20H26N4O4. The Hall–Kier alpha value is -3.03. The maximum absolute atomic E-state index is 12.0. The Labute approximate surface area is 163 Å². The highest BCUT2D eigenvalue weighted by atomic mass is 16.6. The zero-order chi connectivity index (χ0) is 20.3. The number of guanidine groups is 1. The van der Waals surface area contributed by atoms with Crippen molar-refractivity contribution in [2.24, 2.45) is 4.99 Å². The van der Waals surface area contributed by atoms with Crippen LogP contribution in [0.3, 0.4) is 0 Å². The van der Waals surface area contributed by atoms with Crippen LogP contribution in [0.1, 0.15) is 39.7 Å². The number of carboxylic acid groups (broad SMARTS) is 1. The van der Waals surface area contributed by atoms with Crippen molar-refractivity contribution in [2.75, 3.05) is 13.1 Å². The summed E-state index contributed by atoms with van der Waals surface area (Å²) in [6.07, 6.45) is 1.65. The molecule has 8 heteroatoms. The predicted molar refractivity (Wildman–Crippen MR) is 107 cm³/mol. The number of rotatable bonds is 1. The quantitative estimate of drug-likeness (QED) is 0.573. The summed E-state index contributed by atoms with van der Waals surface area (Å²) in [6, 6.07) is 10.6. The van der Waals surface area contributed by atoms with Crippen LogP contribution in [0.15, 0.2) is 41.5 Å². The molecule has 28 heavy (non-hydrogen) atoms. The van der Waals surface area contributed by atoms with Gasteiger partial charge in [0, 0.05) is 30.8 Å². The maximum atomic E-state index is 12.0. The number of hydrogen-bond acceptors (Lipinski definition) is 3. The number of aromatic nitrogens is 1. The summed E-state index contributed by atoms with van der Waals surface area (Å²) in [7, 11) is 0. The summed E-state index contributed by atoms with van der Waals surface area (Å²) in [5.41, 5.74) is 0.490. The smallest absolute Gasteiger partial charge is 0.437 e. The molecule has 0 bridgehead atoms. The maximum Gasteiger partial charge on any atom is 0.437 e. The number of benzene rings is 1. The molecule has 2 aromatic rings. The monoisotopic (exact) mass is 386 g/mol. The second-order valence-corrected chi connectivity index (χ2v) is 7.85. The molecule has 1 aromatic carbocycles. The molecule has 1 aliphatic heterocycles. The third kappa shape index (κ3) is 4.82. The van der Waals surface area contributed by atoms with E-state index >= 15 is 0 Å². The molecule has 0 radical (unpaired) electrons. The second-order valence-electron chi connectivity index (χ2n) is 7.85. The van der Waals surface area contributed by atoms with Gasteiger partial charge in [0.15, 0.2) is 0 Å². The van der Waals surface area contributed by atoms with E-state index in [1.165, 1.54) is 10.9 Å². The summed E-state index contributed by atoms with van der Waals surface area (Å²) in [4.78, 5) is 28.8. The molecule has 0 spiro atoms. The van der Waals surface area contributed by atoms with Crippen molar-refractivity contribution in [1.29, 1.82) is 0 Å². The Morgan fingerprint density at radius 1 is 1.18 bits per heavy atom. The minimum atomic E-state index is -1.26. The van der Waals surface area contributed by atoms with Crippen molar-refractivity contribution < 1.29 is 19.4 Å². The number of carbonyl (C=O) groups is 2. The number of carbonyl (C=O) groups excluding carboxylic acids is 1. The molecule has 2 heterocycles. The SMILES string of the molecule is CC(C)(C)OC(=O)/N=C(\NC(=O)O)N1CCC(n2ccc3ccccc32)CC1. The lowest BCUT2D eigenvalue weighted by atomic mass is 10.0. The number of piperidine rings is 1. The first-order chi connectivity index (χ1) is 13.2. The van der Waals surface area contributed by atoms with E-state index in [1.807, 2.05) is 12.1 Å². The van der Waals surface area contributed by atoms with Gasteiger partial charge in [-0.05, 0) is 51.1 Å². The van der Waals surface area contributed by atoms with Crippen molar-refractivity contribution in [3.05, 3.63) is 36.5 Å². The molecule has 2 N–H and O–H groups in total. The third-order valence-corrected chi connectivity index (χ3v) is 4.60. The van der Waals surface area contributed by atoms with E-state index in [-0.39, 0.29) is 5.96 Å². The van der Waals surface area contributed by atoms with Gasteiger partial charge in [-0.1, -0.05) is 18.2 Å².